The van der Waals surface area contributed by atoms with Crippen molar-refractivity contribution in [2.45, 2.75) is 0 Å². The van der Waals surface area contributed by atoms with Crippen LogP contribution in [0.2, 0.25) is 0 Å². The molecule has 13 rings (SSSR count). The Morgan fingerprint density at radius 1 is 0.286 bits per heavy atom. The lowest BCUT2D eigenvalue weighted by Crippen LogP contribution is -2.02. The van der Waals surface area contributed by atoms with Crippen LogP contribution in [0.15, 0.2) is 212 Å². The minimum absolute atomic E-state index is 0.608. The number of fused-ring (bicyclic) bond motifs is 9. The number of rotatable bonds is 5. The highest BCUT2D eigenvalue weighted by Gasteiger charge is 2.23. The van der Waals surface area contributed by atoms with E-state index in [-0.39, 0.29) is 0 Å². The van der Waals surface area contributed by atoms with Crippen molar-refractivity contribution in [3.8, 4) is 56.7 Å². The van der Waals surface area contributed by atoms with E-state index in [9.17, 15) is 0 Å². The summed E-state index contributed by atoms with van der Waals surface area (Å²) >= 11 is 0. The van der Waals surface area contributed by atoms with Gasteiger partial charge in [0.15, 0.2) is 17.5 Å². The molecule has 292 valence electrons. The first kappa shape index (κ1) is 35.2. The fraction of sp³-hybridized carbons (Fsp3) is 0. The summed E-state index contributed by atoms with van der Waals surface area (Å²) in [5.74, 6) is 1.86. The van der Waals surface area contributed by atoms with Crippen LogP contribution in [0.25, 0.3) is 127 Å². The summed E-state index contributed by atoms with van der Waals surface area (Å²) in [6, 6.07) is 73.0. The van der Waals surface area contributed by atoms with Crippen LogP contribution in [0.5, 0.6) is 0 Å². The Bertz CT molecular complexity index is 3860. The predicted octanol–water partition coefficient (Wildman–Crippen LogP) is 14.8. The van der Waals surface area contributed by atoms with E-state index in [1.165, 1.54) is 21.5 Å². The quantitative estimate of drug-likeness (QED) is 0.163. The van der Waals surface area contributed by atoms with Crippen molar-refractivity contribution in [2.24, 2.45) is 0 Å². The Balaban J connectivity index is 1.08. The average molecular weight is 802 g/mol. The fourth-order valence-corrected chi connectivity index (χ4v) is 9.71. The van der Waals surface area contributed by atoms with E-state index in [2.05, 4.69) is 211 Å². The molecule has 0 spiro atoms. The van der Waals surface area contributed by atoms with Crippen molar-refractivity contribution >= 4 is 70.3 Å². The van der Waals surface area contributed by atoms with Gasteiger partial charge in [-0.15, -0.1) is 0 Å². The molecule has 0 radical (unpaired) electrons. The highest BCUT2D eigenvalue weighted by atomic mass is 15.0. The highest BCUT2D eigenvalue weighted by molar-refractivity contribution is 6.15. The second-order valence-electron chi connectivity index (χ2n) is 16.2. The van der Waals surface area contributed by atoms with Crippen molar-refractivity contribution in [3.63, 3.8) is 0 Å². The first-order valence-corrected chi connectivity index (χ1v) is 21.3. The van der Waals surface area contributed by atoms with Crippen LogP contribution >= 0.6 is 0 Å². The van der Waals surface area contributed by atoms with E-state index in [1.54, 1.807) is 0 Å². The molecule has 0 saturated carbocycles. The van der Waals surface area contributed by atoms with Gasteiger partial charge in [0.2, 0.25) is 0 Å². The summed E-state index contributed by atoms with van der Waals surface area (Å²) in [7, 11) is 0. The van der Waals surface area contributed by atoms with E-state index in [0.29, 0.717) is 17.5 Å². The van der Waals surface area contributed by atoms with E-state index < -0.39 is 0 Å². The summed E-state index contributed by atoms with van der Waals surface area (Å²) in [6.45, 7) is 0. The minimum atomic E-state index is 0.608. The molecule has 0 aliphatic rings. The van der Waals surface area contributed by atoms with Crippen LogP contribution in [0, 0.1) is 0 Å². The van der Waals surface area contributed by atoms with E-state index in [4.69, 9.17) is 19.9 Å². The lowest BCUT2D eigenvalue weighted by Gasteiger charge is -2.15. The summed E-state index contributed by atoms with van der Waals surface area (Å²) in [5, 5.41) is 13.7. The first-order valence-electron chi connectivity index (χ1n) is 21.3. The second kappa shape index (κ2) is 14.0. The Morgan fingerprint density at radius 2 is 0.730 bits per heavy atom. The molecule has 3 heterocycles. The Morgan fingerprint density at radius 3 is 1.33 bits per heavy atom. The van der Waals surface area contributed by atoms with Gasteiger partial charge in [-0.25, -0.2) is 19.9 Å². The molecule has 63 heavy (non-hydrogen) atoms. The monoisotopic (exact) mass is 801 g/mol. The van der Waals surface area contributed by atoms with Gasteiger partial charge in [0.1, 0.15) is 5.65 Å². The lowest BCUT2D eigenvalue weighted by molar-refractivity contribution is 1.08. The zero-order valence-electron chi connectivity index (χ0n) is 33.9. The molecule has 0 saturated heterocycles. The van der Waals surface area contributed by atoms with Crippen LogP contribution in [0.4, 0.5) is 0 Å². The second-order valence-corrected chi connectivity index (χ2v) is 16.2. The van der Waals surface area contributed by atoms with Gasteiger partial charge in [0, 0.05) is 34.0 Å². The van der Waals surface area contributed by atoms with Gasteiger partial charge in [-0.2, -0.15) is 0 Å². The largest absolute Gasteiger partial charge is 0.299 e. The Hall–Kier alpha value is -8.54. The first-order chi connectivity index (χ1) is 31.2. The van der Waals surface area contributed by atoms with E-state index >= 15 is 0 Å². The number of hydrogen-bond donors (Lipinski definition) is 0. The molecule has 13 aromatic rings. The Kier molecular flexibility index (Phi) is 7.84. The molecule has 3 aromatic heterocycles. The van der Waals surface area contributed by atoms with Gasteiger partial charge >= 0.3 is 0 Å². The molecule has 5 nitrogen and oxygen atoms in total. The van der Waals surface area contributed by atoms with Crippen LogP contribution < -0.4 is 0 Å². The van der Waals surface area contributed by atoms with Crippen molar-refractivity contribution in [2.75, 3.05) is 0 Å². The molecule has 0 amide bonds. The molecule has 0 atom stereocenters. The average Bonchev–Trinajstić information content (AvgIpc) is 3.74. The molecule has 10 aromatic carbocycles. The van der Waals surface area contributed by atoms with Crippen LogP contribution in [-0.4, -0.2) is 24.3 Å². The third-order valence-corrected chi connectivity index (χ3v) is 12.6. The predicted molar refractivity (Wildman–Crippen MR) is 261 cm³/mol. The smallest absolute Gasteiger partial charge is 0.164 e. The molecule has 0 unspecified atom stereocenters. The SMILES string of the molecule is c1ccc2cc(-c3c(-c4ccc(-c5nc(-c6cc7ccccc7c7ccccc67)nc(-c6cc7ccccc7c7ccccc67)n5)c5ccccc45)nc4ccccn34)ccc2c1. The minimum Gasteiger partial charge on any atom is -0.299 e. The summed E-state index contributed by atoms with van der Waals surface area (Å²) in [6.07, 6.45) is 2.10. The van der Waals surface area contributed by atoms with Gasteiger partial charge in [-0.1, -0.05) is 170 Å². The molecule has 0 fully saturated rings. The van der Waals surface area contributed by atoms with E-state index in [0.717, 1.165) is 87.9 Å². The normalized spacial score (nSPS) is 11.8. The summed E-state index contributed by atoms with van der Waals surface area (Å²) in [4.78, 5) is 21.6. The third kappa shape index (κ3) is 5.64. The van der Waals surface area contributed by atoms with Gasteiger partial charge in [0.05, 0.1) is 11.4 Å². The topological polar surface area (TPSA) is 56.0 Å². The highest BCUT2D eigenvalue weighted by Crippen LogP contribution is 2.42. The number of nitrogens with zero attached hydrogens (tertiary/aromatic N) is 5. The molecule has 0 N–H and O–H groups in total. The molecule has 0 aliphatic carbocycles. The maximum atomic E-state index is 5.44. The maximum absolute atomic E-state index is 5.44. The van der Waals surface area contributed by atoms with Crippen molar-refractivity contribution in [1.29, 1.82) is 0 Å². The lowest BCUT2D eigenvalue weighted by atomic mass is 9.94. The fourth-order valence-electron chi connectivity index (χ4n) is 9.71. The van der Waals surface area contributed by atoms with E-state index in [1.807, 2.05) is 6.07 Å². The van der Waals surface area contributed by atoms with Crippen molar-refractivity contribution < 1.29 is 0 Å². The zero-order valence-corrected chi connectivity index (χ0v) is 33.9. The van der Waals surface area contributed by atoms with Crippen molar-refractivity contribution in [3.05, 3.63) is 212 Å². The van der Waals surface area contributed by atoms with Crippen molar-refractivity contribution in [1.82, 2.24) is 24.3 Å². The summed E-state index contributed by atoms with van der Waals surface area (Å²) in [5.41, 5.74) is 7.84. The number of aromatic nitrogens is 5. The zero-order chi connectivity index (χ0) is 41.4. The molecular formula is C58H35N5. The third-order valence-electron chi connectivity index (χ3n) is 12.6. The Labute approximate surface area is 362 Å². The number of hydrogen-bond acceptors (Lipinski definition) is 4. The summed E-state index contributed by atoms with van der Waals surface area (Å²) < 4.78 is 2.20. The number of imidazole rings is 1. The molecule has 0 bridgehead atoms. The van der Waals surface area contributed by atoms with Gasteiger partial charge in [-0.3, -0.25) is 4.40 Å². The maximum Gasteiger partial charge on any atom is 0.164 e. The van der Waals surface area contributed by atoms with Gasteiger partial charge < -0.3 is 0 Å². The van der Waals surface area contributed by atoms with Crippen LogP contribution in [0.3, 0.4) is 0 Å². The van der Waals surface area contributed by atoms with Gasteiger partial charge in [-0.05, 0) is 101 Å². The van der Waals surface area contributed by atoms with Crippen LogP contribution in [-0.2, 0) is 0 Å². The standard InChI is InChI=1S/C58H35N5/c1-2-16-37-33-40(29-28-36(37)15-1)55-54(59-53-27-13-14-32-63(53)55)49-30-31-50(46-24-10-9-23-45(46)49)56-60-57(51-34-38-17-3-5-19-41(38)43-21-7-11-25-47(43)51)62-58(61-56)52-35-39-18-4-6-20-42(39)44-22-8-12-26-48(44)52/h1-35H. The molecular weight excluding hydrogens is 767 g/mol. The number of pyridine rings is 1. The van der Waals surface area contributed by atoms with Gasteiger partial charge in [0.25, 0.3) is 0 Å². The van der Waals surface area contributed by atoms with Crippen LogP contribution in [0.1, 0.15) is 0 Å². The molecule has 0 aliphatic heterocycles. The molecule has 5 heteroatoms. The number of benzene rings is 10.